The summed E-state index contributed by atoms with van der Waals surface area (Å²) in [5, 5.41) is 11.5. The van der Waals surface area contributed by atoms with E-state index >= 15 is 0 Å². The fraction of sp³-hybridized carbons (Fsp3) is 0.417. The van der Waals surface area contributed by atoms with Gasteiger partial charge in [0.25, 0.3) is 5.91 Å². The highest BCUT2D eigenvalue weighted by Crippen LogP contribution is 2.03. The standard InChI is InChI=1S/C12H14ClN3O/c1-2-10(5-6-13)16-12(17)11-4-3-9(7-14)8-15-11/h3-4,8,10H,2,5-6H2,1H3,(H,16,17). The van der Waals surface area contributed by atoms with Crippen LogP contribution in [0, 0.1) is 11.3 Å². The fourth-order valence-corrected chi connectivity index (χ4v) is 1.63. The zero-order valence-corrected chi connectivity index (χ0v) is 10.4. The summed E-state index contributed by atoms with van der Waals surface area (Å²) in [5.41, 5.74) is 0.756. The van der Waals surface area contributed by atoms with Gasteiger partial charge in [0, 0.05) is 18.1 Å². The van der Waals surface area contributed by atoms with Gasteiger partial charge in [-0.2, -0.15) is 5.26 Å². The van der Waals surface area contributed by atoms with E-state index in [9.17, 15) is 4.79 Å². The average Bonchev–Trinajstić information content (AvgIpc) is 2.38. The molecule has 1 atom stereocenters. The number of aromatic nitrogens is 1. The van der Waals surface area contributed by atoms with Gasteiger partial charge in [0.05, 0.1) is 5.56 Å². The molecule has 1 unspecified atom stereocenters. The van der Waals surface area contributed by atoms with Gasteiger partial charge in [0.1, 0.15) is 11.8 Å². The molecule has 1 rings (SSSR count). The van der Waals surface area contributed by atoms with Crippen LogP contribution in [0.2, 0.25) is 0 Å². The van der Waals surface area contributed by atoms with Crippen molar-refractivity contribution in [1.82, 2.24) is 10.3 Å². The molecule has 0 saturated carbocycles. The van der Waals surface area contributed by atoms with E-state index in [1.54, 1.807) is 12.1 Å². The molecule has 0 aromatic carbocycles. The number of nitrogens with zero attached hydrogens (tertiary/aromatic N) is 2. The number of rotatable bonds is 5. The van der Waals surface area contributed by atoms with Gasteiger partial charge < -0.3 is 5.32 Å². The van der Waals surface area contributed by atoms with Crippen LogP contribution in [0.15, 0.2) is 18.3 Å². The maximum absolute atomic E-state index is 11.8. The Morgan fingerprint density at radius 3 is 2.88 bits per heavy atom. The van der Waals surface area contributed by atoms with Crippen LogP contribution in [0.25, 0.3) is 0 Å². The van der Waals surface area contributed by atoms with Gasteiger partial charge in [-0.3, -0.25) is 4.79 Å². The third-order valence-corrected chi connectivity index (χ3v) is 2.63. The van der Waals surface area contributed by atoms with Crippen LogP contribution in [-0.2, 0) is 0 Å². The SMILES string of the molecule is CCC(CCCl)NC(=O)c1ccc(C#N)cn1. The van der Waals surface area contributed by atoms with E-state index in [-0.39, 0.29) is 11.9 Å². The summed E-state index contributed by atoms with van der Waals surface area (Å²) in [5.74, 6) is 0.283. The normalized spacial score (nSPS) is 11.6. The zero-order chi connectivity index (χ0) is 12.7. The number of hydrogen-bond acceptors (Lipinski definition) is 3. The predicted octanol–water partition coefficient (Wildman–Crippen LogP) is 2.09. The van der Waals surface area contributed by atoms with Gasteiger partial charge in [-0.15, -0.1) is 11.6 Å². The zero-order valence-electron chi connectivity index (χ0n) is 9.61. The Morgan fingerprint density at radius 1 is 1.65 bits per heavy atom. The molecule has 0 radical (unpaired) electrons. The topological polar surface area (TPSA) is 65.8 Å². The summed E-state index contributed by atoms with van der Waals surface area (Å²) in [6.45, 7) is 1.99. The van der Waals surface area contributed by atoms with Crippen molar-refractivity contribution in [2.45, 2.75) is 25.8 Å². The molecule has 1 aromatic heterocycles. The van der Waals surface area contributed by atoms with Crippen molar-refractivity contribution < 1.29 is 4.79 Å². The highest BCUT2D eigenvalue weighted by molar-refractivity contribution is 6.17. The molecule has 1 N–H and O–H groups in total. The summed E-state index contributed by atoms with van der Waals surface area (Å²) >= 11 is 5.64. The van der Waals surface area contributed by atoms with E-state index in [4.69, 9.17) is 16.9 Å². The molecule has 0 aliphatic rings. The molecule has 5 heteroatoms. The van der Waals surface area contributed by atoms with Crippen molar-refractivity contribution in [3.05, 3.63) is 29.6 Å². The third-order valence-electron chi connectivity index (χ3n) is 2.41. The lowest BCUT2D eigenvalue weighted by molar-refractivity contribution is 0.0930. The molecule has 1 heterocycles. The molecule has 1 amide bonds. The molecule has 0 spiro atoms. The number of nitriles is 1. The minimum Gasteiger partial charge on any atom is -0.348 e. The van der Waals surface area contributed by atoms with Gasteiger partial charge in [-0.25, -0.2) is 4.98 Å². The Hall–Kier alpha value is -1.60. The number of nitrogens with one attached hydrogen (secondary N) is 1. The van der Waals surface area contributed by atoms with Gasteiger partial charge in [0.15, 0.2) is 0 Å². The van der Waals surface area contributed by atoms with E-state index in [1.807, 2.05) is 13.0 Å². The molecule has 0 bridgehead atoms. The molecule has 4 nitrogen and oxygen atoms in total. The summed E-state index contributed by atoms with van der Waals surface area (Å²) in [6, 6.07) is 5.14. The molecule has 0 aliphatic carbocycles. The monoisotopic (exact) mass is 251 g/mol. The molecule has 90 valence electrons. The molecule has 1 aromatic rings. The molecule has 17 heavy (non-hydrogen) atoms. The van der Waals surface area contributed by atoms with Gasteiger partial charge >= 0.3 is 0 Å². The van der Waals surface area contributed by atoms with E-state index in [0.29, 0.717) is 17.1 Å². The third kappa shape index (κ3) is 4.04. The van der Waals surface area contributed by atoms with Crippen molar-refractivity contribution in [3.63, 3.8) is 0 Å². The van der Waals surface area contributed by atoms with Crippen LogP contribution < -0.4 is 5.32 Å². The molecular formula is C12H14ClN3O. The Bertz CT molecular complexity index is 411. The summed E-state index contributed by atoms with van der Waals surface area (Å²) in [6.07, 6.45) is 2.95. The van der Waals surface area contributed by atoms with Crippen molar-refractivity contribution in [2.24, 2.45) is 0 Å². The lowest BCUT2D eigenvalue weighted by Crippen LogP contribution is -2.35. The number of pyridine rings is 1. The number of amides is 1. The number of carbonyl (C=O) groups excluding carboxylic acids is 1. The van der Waals surface area contributed by atoms with Gasteiger partial charge in [0.2, 0.25) is 0 Å². The quantitative estimate of drug-likeness (QED) is 0.815. The average molecular weight is 252 g/mol. The first-order valence-corrected chi connectivity index (χ1v) is 5.97. The smallest absolute Gasteiger partial charge is 0.270 e. The van der Waals surface area contributed by atoms with Crippen LogP contribution in [0.1, 0.15) is 35.8 Å². The summed E-state index contributed by atoms with van der Waals surface area (Å²) in [7, 11) is 0. The van der Waals surface area contributed by atoms with Crippen LogP contribution in [0.4, 0.5) is 0 Å². The summed E-state index contributed by atoms with van der Waals surface area (Å²) < 4.78 is 0. The van der Waals surface area contributed by atoms with Crippen molar-refractivity contribution in [3.8, 4) is 6.07 Å². The predicted molar refractivity (Wildman–Crippen MR) is 65.8 cm³/mol. The van der Waals surface area contributed by atoms with Crippen molar-refractivity contribution in [2.75, 3.05) is 5.88 Å². The first kappa shape index (κ1) is 13.5. The molecule has 0 fully saturated rings. The second-order valence-electron chi connectivity index (χ2n) is 3.60. The summed E-state index contributed by atoms with van der Waals surface area (Å²) in [4.78, 5) is 15.7. The van der Waals surface area contributed by atoms with Crippen LogP contribution in [-0.4, -0.2) is 22.8 Å². The first-order valence-electron chi connectivity index (χ1n) is 5.44. The van der Waals surface area contributed by atoms with Crippen molar-refractivity contribution in [1.29, 1.82) is 5.26 Å². The number of carbonyl (C=O) groups is 1. The first-order chi connectivity index (χ1) is 8.21. The maximum Gasteiger partial charge on any atom is 0.270 e. The number of halogens is 1. The maximum atomic E-state index is 11.8. The largest absolute Gasteiger partial charge is 0.348 e. The Morgan fingerprint density at radius 2 is 2.41 bits per heavy atom. The molecular weight excluding hydrogens is 238 g/mol. The Labute approximate surface area is 106 Å². The Kier molecular flexibility index (Phi) is 5.44. The minimum absolute atomic E-state index is 0.0671. The van der Waals surface area contributed by atoms with Crippen molar-refractivity contribution >= 4 is 17.5 Å². The van der Waals surface area contributed by atoms with E-state index < -0.39 is 0 Å². The van der Waals surface area contributed by atoms with E-state index in [0.717, 1.165) is 12.8 Å². The second-order valence-corrected chi connectivity index (χ2v) is 3.98. The molecule has 0 saturated heterocycles. The number of alkyl halides is 1. The van der Waals surface area contributed by atoms with E-state index in [1.165, 1.54) is 6.20 Å². The van der Waals surface area contributed by atoms with Gasteiger partial charge in [-0.1, -0.05) is 6.92 Å². The highest BCUT2D eigenvalue weighted by atomic mass is 35.5. The lowest BCUT2D eigenvalue weighted by atomic mass is 10.1. The molecule has 0 aliphatic heterocycles. The van der Waals surface area contributed by atoms with Crippen LogP contribution >= 0.6 is 11.6 Å². The second kappa shape index (κ2) is 6.87. The highest BCUT2D eigenvalue weighted by Gasteiger charge is 2.12. The Balaban J connectivity index is 2.66. The minimum atomic E-state index is -0.230. The number of hydrogen-bond donors (Lipinski definition) is 1. The van der Waals surface area contributed by atoms with Gasteiger partial charge in [-0.05, 0) is 25.0 Å². The van der Waals surface area contributed by atoms with Crippen LogP contribution in [0.5, 0.6) is 0 Å². The fourth-order valence-electron chi connectivity index (χ4n) is 1.36. The van der Waals surface area contributed by atoms with Crippen LogP contribution in [0.3, 0.4) is 0 Å². The lowest BCUT2D eigenvalue weighted by Gasteiger charge is -2.14. The van der Waals surface area contributed by atoms with E-state index in [2.05, 4.69) is 10.3 Å².